The topological polar surface area (TPSA) is 91.7 Å². The number of nitrogens with zero attached hydrogens (tertiary/aromatic N) is 4. The van der Waals surface area contributed by atoms with Gasteiger partial charge in [0.05, 0.1) is 33.8 Å². The number of hydrazone groups is 1. The fourth-order valence-electron chi connectivity index (χ4n) is 5.22. The largest absolute Gasteiger partial charge is 0.451 e. The molecule has 5 heterocycles. The SMILES string of the molecule is CCCN1Cc2nc(CCc3ccc(F)cc3)c(C3=NNC(C)O3)c(-c3cc4ccnc(NC)c4s3)c2C1=O. The molecule has 2 aliphatic rings. The molecule has 0 fully saturated rings. The predicted octanol–water partition coefficient (Wildman–Crippen LogP) is 5.32. The third-order valence-electron chi connectivity index (χ3n) is 7.01. The van der Waals surface area contributed by atoms with Gasteiger partial charge in [-0.15, -0.1) is 16.4 Å². The number of hydrogen-bond acceptors (Lipinski definition) is 8. The minimum absolute atomic E-state index is 0.0234. The highest BCUT2D eigenvalue weighted by molar-refractivity contribution is 7.22. The number of aryl methyl sites for hydroxylation is 2. The molecule has 0 spiro atoms. The van der Waals surface area contributed by atoms with E-state index in [2.05, 4.69) is 33.8 Å². The summed E-state index contributed by atoms with van der Waals surface area (Å²) in [6.07, 6.45) is 3.56. The van der Waals surface area contributed by atoms with E-state index in [9.17, 15) is 9.18 Å². The summed E-state index contributed by atoms with van der Waals surface area (Å²) in [4.78, 5) is 26.1. The van der Waals surface area contributed by atoms with Gasteiger partial charge in [0, 0.05) is 30.2 Å². The first-order valence-electron chi connectivity index (χ1n) is 13.1. The second-order valence-electron chi connectivity index (χ2n) is 9.73. The van der Waals surface area contributed by atoms with Crippen LogP contribution in [0.2, 0.25) is 0 Å². The summed E-state index contributed by atoms with van der Waals surface area (Å²) in [5.41, 5.74) is 7.71. The maximum Gasteiger partial charge on any atom is 0.256 e. The Labute approximate surface area is 229 Å². The maximum atomic E-state index is 13.8. The molecule has 2 N–H and O–H groups in total. The molecule has 1 aromatic carbocycles. The molecule has 4 aromatic rings. The lowest BCUT2D eigenvalue weighted by atomic mass is 9.94. The number of carbonyl (C=O) groups excluding carboxylic acids is 1. The molecule has 0 aliphatic carbocycles. The number of fused-ring (bicyclic) bond motifs is 2. The van der Waals surface area contributed by atoms with Gasteiger partial charge < -0.3 is 15.0 Å². The summed E-state index contributed by atoms with van der Waals surface area (Å²) in [5, 5.41) is 8.72. The summed E-state index contributed by atoms with van der Waals surface area (Å²) < 4.78 is 20.6. The molecule has 1 unspecified atom stereocenters. The van der Waals surface area contributed by atoms with Crippen molar-refractivity contribution < 1.29 is 13.9 Å². The molecule has 0 radical (unpaired) electrons. The summed E-state index contributed by atoms with van der Waals surface area (Å²) in [6.45, 7) is 5.07. The highest BCUT2D eigenvalue weighted by Gasteiger charge is 2.37. The van der Waals surface area contributed by atoms with Crippen LogP contribution >= 0.6 is 11.3 Å². The van der Waals surface area contributed by atoms with E-state index in [-0.39, 0.29) is 18.0 Å². The highest BCUT2D eigenvalue weighted by Crippen LogP contribution is 2.43. The molecule has 1 atom stereocenters. The predicted molar refractivity (Wildman–Crippen MR) is 151 cm³/mol. The number of nitrogens with one attached hydrogen (secondary N) is 2. The summed E-state index contributed by atoms with van der Waals surface area (Å²) in [6, 6.07) is 10.6. The Balaban J connectivity index is 1.57. The van der Waals surface area contributed by atoms with Gasteiger partial charge in [-0.05, 0) is 61.4 Å². The van der Waals surface area contributed by atoms with Gasteiger partial charge in [0.25, 0.3) is 5.91 Å². The first-order valence-corrected chi connectivity index (χ1v) is 13.9. The number of thiophene rings is 1. The zero-order valence-corrected chi connectivity index (χ0v) is 22.9. The van der Waals surface area contributed by atoms with Crippen LogP contribution < -0.4 is 10.7 Å². The monoisotopic (exact) mass is 544 g/mol. The van der Waals surface area contributed by atoms with Crippen molar-refractivity contribution in [1.29, 1.82) is 0 Å². The lowest BCUT2D eigenvalue weighted by Gasteiger charge is -2.17. The fourth-order valence-corrected chi connectivity index (χ4v) is 6.42. The summed E-state index contributed by atoms with van der Waals surface area (Å²) in [7, 11) is 1.85. The number of ether oxygens (including phenoxy) is 1. The van der Waals surface area contributed by atoms with Crippen molar-refractivity contribution in [2.75, 3.05) is 18.9 Å². The first-order chi connectivity index (χ1) is 19.0. The molecule has 0 saturated heterocycles. The van der Waals surface area contributed by atoms with Crippen LogP contribution in [-0.2, 0) is 24.1 Å². The van der Waals surface area contributed by atoms with E-state index in [4.69, 9.17) is 9.72 Å². The number of rotatable bonds is 8. The van der Waals surface area contributed by atoms with E-state index < -0.39 is 0 Å². The van der Waals surface area contributed by atoms with E-state index in [1.807, 2.05) is 24.9 Å². The van der Waals surface area contributed by atoms with Crippen molar-refractivity contribution in [3.63, 3.8) is 0 Å². The van der Waals surface area contributed by atoms with E-state index >= 15 is 0 Å². The van der Waals surface area contributed by atoms with Crippen molar-refractivity contribution in [3.8, 4) is 10.4 Å². The number of hydrogen-bond donors (Lipinski definition) is 2. The van der Waals surface area contributed by atoms with Crippen LogP contribution in [0.1, 0.15) is 53.1 Å². The third kappa shape index (κ3) is 4.58. The second kappa shape index (κ2) is 10.3. The Bertz CT molecular complexity index is 1600. The molecule has 0 saturated carbocycles. The molecule has 2 aliphatic heterocycles. The molecule has 0 bridgehead atoms. The molecule has 3 aromatic heterocycles. The number of halogens is 1. The Morgan fingerprint density at radius 2 is 2.00 bits per heavy atom. The molecule has 1 amide bonds. The number of amides is 1. The van der Waals surface area contributed by atoms with E-state index in [1.165, 1.54) is 12.1 Å². The standard InChI is InChI=1S/C29H29FN6O2S/c1-4-13-36-15-21-24(29(36)37)25(22-14-18-11-12-32-27(31-3)26(18)39-22)23(28-35-34-16(2)38-28)20(33-21)10-7-17-5-8-19(30)9-6-17/h5-6,8-9,11-12,14,16,34H,4,7,10,13,15H2,1-3H3,(H,31,32). The number of carbonyl (C=O) groups is 1. The summed E-state index contributed by atoms with van der Waals surface area (Å²) >= 11 is 1.59. The Kier molecular flexibility index (Phi) is 6.64. The smallest absolute Gasteiger partial charge is 0.256 e. The average Bonchev–Trinajstić information content (AvgIpc) is 3.64. The Morgan fingerprint density at radius 3 is 2.72 bits per heavy atom. The normalized spacial score (nSPS) is 16.3. The number of pyridine rings is 2. The van der Waals surface area contributed by atoms with Gasteiger partial charge >= 0.3 is 0 Å². The third-order valence-corrected chi connectivity index (χ3v) is 8.19. The van der Waals surface area contributed by atoms with Crippen LogP contribution in [-0.4, -0.2) is 46.5 Å². The van der Waals surface area contributed by atoms with Gasteiger partial charge in [0.2, 0.25) is 5.90 Å². The number of aromatic nitrogens is 2. The molecular formula is C29H29FN6O2S. The molecule has 8 nitrogen and oxygen atoms in total. The zero-order valence-electron chi connectivity index (χ0n) is 22.0. The van der Waals surface area contributed by atoms with Crippen molar-refractivity contribution in [3.05, 3.63) is 76.5 Å². The Morgan fingerprint density at radius 1 is 1.18 bits per heavy atom. The van der Waals surface area contributed by atoms with Crippen LogP contribution in [0.4, 0.5) is 10.2 Å². The molecule has 6 rings (SSSR count). The Hall–Kier alpha value is -4.05. The number of anilines is 1. The van der Waals surface area contributed by atoms with Crippen molar-refractivity contribution >= 4 is 39.0 Å². The minimum atomic E-state index is -0.305. The van der Waals surface area contributed by atoms with Crippen LogP contribution in [0.3, 0.4) is 0 Å². The first kappa shape index (κ1) is 25.2. The van der Waals surface area contributed by atoms with Crippen molar-refractivity contribution in [1.82, 2.24) is 20.3 Å². The average molecular weight is 545 g/mol. The lowest BCUT2D eigenvalue weighted by Crippen LogP contribution is -2.25. The van der Waals surface area contributed by atoms with Gasteiger partial charge in [-0.1, -0.05) is 19.1 Å². The van der Waals surface area contributed by atoms with Crippen LogP contribution in [0.5, 0.6) is 0 Å². The van der Waals surface area contributed by atoms with E-state index in [0.29, 0.717) is 37.4 Å². The molecule has 39 heavy (non-hydrogen) atoms. The summed E-state index contributed by atoms with van der Waals surface area (Å²) in [5.74, 6) is 0.926. The number of benzene rings is 1. The molecule has 10 heteroatoms. The second-order valence-corrected chi connectivity index (χ2v) is 10.8. The van der Waals surface area contributed by atoms with Crippen LogP contribution in [0, 0.1) is 5.82 Å². The highest BCUT2D eigenvalue weighted by atomic mass is 32.1. The fraction of sp³-hybridized carbons (Fsp3) is 0.310. The van der Waals surface area contributed by atoms with Gasteiger partial charge in [0.1, 0.15) is 11.6 Å². The zero-order chi connectivity index (χ0) is 27.1. The molecule has 200 valence electrons. The van der Waals surface area contributed by atoms with Crippen LogP contribution in [0.25, 0.3) is 20.5 Å². The van der Waals surface area contributed by atoms with E-state index in [1.54, 1.807) is 29.7 Å². The molecular weight excluding hydrogens is 515 g/mol. The lowest BCUT2D eigenvalue weighted by molar-refractivity contribution is 0.0778. The van der Waals surface area contributed by atoms with Crippen molar-refractivity contribution in [2.24, 2.45) is 5.10 Å². The van der Waals surface area contributed by atoms with E-state index in [0.717, 1.165) is 55.3 Å². The minimum Gasteiger partial charge on any atom is -0.451 e. The quantitative estimate of drug-likeness (QED) is 0.312. The van der Waals surface area contributed by atoms with Crippen molar-refractivity contribution in [2.45, 2.75) is 45.9 Å². The van der Waals surface area contributed by atoms with Gasteiger partial charge in [0.15, 0.2) is 6.23 Å². The van der Waals surface area contributed by atoms with Crippen LogP contribution in [0.15, 0.2) is 47.7 Å². The van der Waals surface area contributed by atoms with Gasteiger partial charge in [-0.3, -0.25) is 15.2 Å². The van der Waals surface area contributed by atoms with Gasteiger partial charge in [-0.25, -0.2) is 9.37 Å². The van der Waals surface area contributed by atoms with Gasteiger partial charge in [-0.2, -0.15) is 0 Å². The maximum absolute atomic E-state index is 13.8.